The van der Waals surface area contributed by atoms with Crippen LogP contribution in [0.4, 0.5) is 0 Å². The van der Waals surface area contributed by atoms with E-state index in [0.717, 1.165) is 24.4 Å². The maximum absolute atomic E-state index is 6.26. The minimum absolute atomic E-state index is 0.428. The fourth-order valence-corrected chi connectivity index (χ4v) is 2.68. The van der Waals surface area contributed by atoms with Crippen LogP contribution in [0.15, 0.2) is 30.9 Å². The monoisotopic (exact) mass is 293 g/mol. The molecule has 1 aromatic carbocycles. The number of nitrogens with one attached hydrogen (secondary N) is 1. The molecular formula is C18H28ClN. The molecule has 2 heteroatoms. The first-order chi connectivity index (χ1) is 9.70. The van der Waals surface area contributed by atoms with E-state index in [4.69, 9.17) is 11.6 Å². The third-order valence-corrected chi connectivity index (χ3v) is 4.14. The SMILES string of the molecule is C=CCCCCCC(NCCC)c1cccc(Cl)c1C. The van der Waals surface area contributed by atoms with Crippen molar-refractivity contribution in [3.05, 3.63) is 47.0 Å². The molecule has 0 aliphatic rings. The molecule has 0 aliphatic carbocycles. The minimum atomic E-state index is 0.428. The molecule has 1 atom stereocenters. The van der Waals surface area contributed by atoms with Crippen LogP contribution in [0.25, 0.3) is 0 Å². The molecule has 0 spiro atoms. The maximum atomic E-state index is 6.26. The molecule has 0 saturated heterocycles. The third kappa shape index (κ3) is 5.68. The van der Waals surface area contributed by atoms with E-state index >= 15 is 0 Å². The van der Waals surface area contributed by atoms with Crippen molar-refractivity contribution in [3.63, 3.8) is 0 Å². The molecule has 0 aromatic heterocycles. The van der Waals surface area contributed by atoms with Crippen molar-refractivity contribution in [2.75, 3.05) is 6.54 Å². The molecule has 0 aliphatic heterocycles. The lowest BCUT2D eigenvalue weighted by molar-refractivity contribution is 0.470. The van der Waals surface area contributed by atoms with Crippen molar-refractivity contribution in [1.82, 2.24) is 5.32 Å². The van der Waals surface area contributed by atoms with Gasteiger partial charge in [0.15, 0.2) is 0 Å². The summed E-state index contributed by atoms with van der Waals surface area (Å²) in [6.45, 7) is 9.16. The van der Waals surface area contributed by atoms with Crippen LogP contribution in [0.1, 0.15) is 62.6 Å². The molecule has 1 rings (SSSR count). The first-order valence-corrected chi connectivity index (χ1v) is 8.17. The van der Waals surface area contributed by atoms with E-state index in [1.807, 2.05) is 12.1 Å². The lowest BCUT2D eigenvalue weighted by Crippen LogP contribution is -2.23. The van der Waals surface area contributed by atoms with Crippen molar-refractivity contribution >= 4 is 11.6 Å². The van der Waals surface area contributed by atoms with Gasteiger partial charge in [-0.2, -0.15) is 0 Å². The topological polar surface area (TPSA) is 12.0 Å². The van der Waals surface area contributed by atoms with Gasteiger partial charge in [0.1, 0.15) is 0 Å². The van der Waals surface area contributed by atoms with Gasteiger partial charge in [-0.05, 0) is 56.3 Å². The van der Waals surface area contributed by atoms with E-state index < -0.39 is 0 Å². The Bertz CT molecular complexity index is 400. The van der Waals surface area contributed by atoms with Gasteiger partial charge in [-0.15, -0.1) is 6.58 Å². The largest absolute Gasteiger partial charge is 0.310 e. The second-order valence-corrected chi connectivity index (χ2v) is 5.79. The average molecular weight is 294 g/mol. The second-order valence-electron chi connectivity index (χ2n) is 5.39. The first kappa shape index (κ1) is 17.3. The van der Waals surface area contributed by atoms with Gasteiger partial charge in [0, 0.05) is 11.1 Å². The van der Waals surface area contributed by atoms with Gasteiger partial charge in [0.2, 0.25) is 0 Å². The Morgan fingerprint density at radius 2 is 2.10 bits per heavy atom. The highest BCUT2D eigenvalue weighted by atomic mass is 35.5. The summed E-state index contributed by atoms with van der Waals surface area (Å²) >= 11 is 6.26. The van der Waals surface area contributed by atoms with Crippen molar-refractivity contribution in [3.8, 4) is 0 Å². The zero-order valence-electron chi connectivity index (χ0n) is 12.9. The molecule has 20 heavy (non-hydrogen) atoms. The highest BCUT2D eigenvalue weighted by molar-refractivity contribution is 6.31. The minimum Gasteiger partial charge on any atom is -0.310 e. The molecule has 1 unspecified atom stereocenters. The molecule has 0 radical (unpaired) electrons. The maximum Gasteiger partial charge on any atom is 0.0438 e. The second kappa shape index (κ2) is 10.0. The van der Waals surface area contributed by atoms with Crippen LogP contribution in [-0.2, 0) is 0 Å². The number of unbranched alkanes of at least 4 members (excludes halogenated alkanes) is 3. The van der Waals surface area contributed by atoms with E-state index in [1.165, 1.54) is 36.8 Å². The van der Waals surface area contributed by atoms with Crippen LogP contribution in [0.3, 0.4) is 0 Å². The summed E-state index contributed by atoms with van der Waals surface area (Å²) in [6.07, 6.45) is 9.25. The van der Waals surface area contributed by atoms with Crippen LogP contribution in [0.2, 0.25) is 5.02 Å². The van der Waals surface area contributed by atoms with Crippen molar-refractivity contribution in [1.29, 1.82) is 0 Å². The van der Waals surface area contributed by atoms with Gasteiger partial charge in [0.05, 0.1) is 0 Å². The Labute approximate surface area is 129 Å². The summed E-state index contributed by atoms with van der Waals surface area (Å²) in [7, 11) is 0. The molecule has 0 bridgehead atoms. The number of rotatable bonds is 10. The van der Waals surface area contributed by atoms with E-state index in [0.29, 0.717) is 6.04 Å². The average Bonchev–Trinajstić information content (AvgIpc) is 2.45. The van der Waals surface area contributed by atoms with Crippen molar-refractivity contribution in [2.24, 2.45) is 0 Å². The highest BCUT2D eigenvalue weighted by Crippen LogP contribution is 2.27. The summed E-state index contributed by atoms with van der Waals surface area (Å²) in [5, 5.41) is 4.54. The van der Waals surface area contributed by atoms with Gasteiger partial charge in [-0.25, -0.2) is 0 Å². The Balaban J connectivity index is 2.63. The third-order valence-electron chi connectivity index (χ3n) is 3.73. The summed E-state index contributed by atoms with van der Waals surface area (Å²) < 4.78 is 0. The number of halogens is 1. The zero-order valence-corrected chi connectivity index (χ0v) is 13.7. The fourth-order valence-electron chi connectivity index (χ4n) is 2.50. The van der Waals surface area contributed by atoms with Gasteiger partial charge in [0.25, 0.3) is 0 Å². The van der Waals surface area contributed by atoms with E-state index in [1.54, 1.807) is 0 Å². The summed E-state index contributed by atoms with van der Waals surface area (Å²) in [6, 6.07) is 6.67. The predicted octanol–water partition coefficient (Wildman–Crippen LogP) is 5.83. The molecule has 0 fully saturated rings. The van der Waals surface area contributed by atoms with E-state index in [9.17, 15) is 0 Å². The van der Waals surface area contributed by atoms with Crippen LogP contribution < -0.4 is 5.32 Å². The Morgan fingerprint density at radius 3 is 2.80 bits per heavy atom. The lowest BCUT2D eigenvalue weighted by atomic mass is 9.96. The molecule has 0 amide bonds. The van der Waals surface area contributed by atoms with Gasteiger partial charge >= 0.3 is 0 Å². The summed E-state index contributed by atoms with van der Waals surface area (Å²) in [5.74, 6) is 0. The molecule has 1 N–H and O–H groups in total. The zero-order chi connectivity index (χ0) is 14.8. The highest BCUT2D eigenvalue weighted by Gasteiger charge is 2.13. The summed E-state index contributed by atoms with van der Waals surface area (Å²) in [5.41, 5.74) is 2.57. The van der Waals surface area contributed by atoms with Crippen LogP contribution in [-0.4, -0.2) is 6.54 Å². The Kier molecular flexibility index (Phi) is 8.64. The molecule has 1 aromatic rings. The Hall–Kier alpha value is -0.790. The molecule has 0 heterocycles. The van der Waals surface area contributed by atoms with E-state index in [-0.39, 0.29) is 0 Å². The molecular weight excluding hydrogens is 266 g/mol. The number of hydrogen-bond acceptors (Lipinski definition) is 1. The standard InChI is InChI=1S/C18H28ClN/c1-4-6-7-8-9-13-18(20-14-5-2)16-11-10-12-17(19)15(16)3/h4,10-12,18,20H,1,5-9,13-14H2,2-3H3. The Morgan fingerprint density at radius 1 is 1.30 bits per heavy atom. The van der Waals surface area contributed by atoms with Gasteiger partial charge < -0.3 is 5.32 Å². The summed E-state index contributed by atoms with van der Waals surface area (Å²) in [4.78, 5) is 0. The number of benzene rings is 1. The first-order valence-electron chi connectivity index (χ1n) is 7.80. The van der Waals surface area contributed by atoms with Gasteiger partial charge in [-0.3, -0.25) is 0 Å². The van der Waals surface area contributed by atoms with Crippen molar-refractivity contribution < 1.29 is 0 Å². The van der Waals surface area contributed by atoms with E-state index in [2.05, 4.69) is 37.9 Å². The van der Waals surface area contributed by atoms with Crippen LogP contribution in [0.5, 0.6) is 0 Å². The molecule has 0 saturated carbocycles. The lowest BCUT2D eigenvalue weighted by Gasteiger charge is -2.21. The van der Waals surface area contributed by atoms with Crippen molar-refractivity contribution in [2.45, 2.75) is 58.4 Å². The molecule has 112 valence electrons. The molecule has 1 nitrogen and oxygen atoms in total. The number of hydrogen-bond donors (Lipinski definition) is 1. The van der Waals surface area contributed by atoms with Crippen LogP contribution in [0, 0.1) is 6.92 Å². The van der Waals surface area contributed by atoms with Crippen LogP contribution >= 0.6 is 11.6 Å². The van der Waals surface area contributed by atoms with Gasteiger partial charge in [-0.1, -0.05) is 49.6 Å². The normalized spacial score (nSPS) is 12.3. The number of allylic oxidation sites excluding steroid dienone is 1. The fraction of sp³-hybridized carbons (Fsp3) is 0.556. The predicted molar refractivity (Wildman–Crippen MR) is 90.5 cm³/mol. The quantitative estimate of drug-likeness (QED) is 0.423. The smallest absolute Gasteiger partial charge is 0.0438 e.